The maximum atomic E-state index is 12.5. The molecule has 9 heteroatoms. The molecule has 3 heterocycles. The molecular formula is C25H22N4O4S. The van der Waals surface area contributed by atoms with Crippen molar-refractivity contribution in [1.29, 1.82) is 0 Å². The van der Waals surface area contributed by atoms with Crippen LogP contribution < -0.4 is 10.2 Å². The molecule has 0 bridgehead atoms. The van der Waals surface area contributed by atoms with E-state index in [1.807, 2.05) is 37.4 Å². The van der Waals surface area contributed by atoms with Gasteiger partial charge in [-0.15, -0.1) is 11.3 Å². The Kier molecular flexibility index (Phi) is 5.09. The van der Waals surface area contributed by atoms with E-state index in [9.17, 15) is 19.2 Å². The van der Waals surface area contributed by atoms with E-state index < -0.39 is 5.41 Å². The van der Waals surface area contributed by atoms with Crippen molar-refractivity contribution in [3.8, 4) is 11.3 Å². The molecule has 2 aliphatic rings. The second-order valence-electron chi connectivity index (χ2n) is 8.86. The molecule has 3 aromatic rings. The zero-order valence-corrected chi connectivity index (χ0v) is 19.7. The SMILES string of the molecule is CN1C(=O)C(C)(C)c2cc(-c3csc(NC(=O)CCN4C(=O)c5ccccc5C4=O)n3)ccc21. The fourth-order valence-corrected chi connectivity index (χ4v) is 5.17. The molecule has 2 aromatic carbocycles. The summed E-state index contributed by atoms with van der Waals surface area (Å²) in [4.78, 5) is 57.2. The summed E-state index contributed by atoms with van der Waals surface area (Å²) in [6, 6.07) is 12.4. The zero-order chi connectivity index (χ0) is 24.2. The van der Waals surface area contributed by atoms with Crippen LogP contribution in [0.3, 0.4) is 0 Å². The van der Waals surface area contributed by atoms with E-state index in [2.05, 4.69) is 10.3 Å². The number of aromatic nitrogens is 1. The summed E-state index contributed by atoms with van der Waals surface area (Å²) in [5.74, 6) is -1.05. The van der Waals surface area contributed by atoms with Gasteiger partial charge in [0.1, 0.15) is 0 Å². The number of hydrogen-bond donors (Lipinski definition) is 1. The number of benzene rings is 2. The number of nitrogens with zero attached hydrogens (tertiary/aromatic N) is 3. The largest absolute Gasteiger partial charge is 0.314 e. The summed E-state index contributed by atoms with van der Waals surface area (Å²) in [7, 11) is 1.77. The van der Waals surface area contributed by atoms with E-state index in [4.69, 9.17) is 0 Å². The molecule has 0 spiro atoms. The van der Waals surface area contributed by atoms with Gasteiger partial charge in [0.25, 0.3) is 11.8 Å². The van der Waals surface area contributed by atoms with E-state index in [0.717, 1.165) is 21.7 Å². The number of amides is 4. The Morgan fingerprint density at radius 1 is 1.06 bits per heavy atom. The number of carbonyl (C=O) groups is 4. The number of rotatable bonds is 5. The van der Waals surface area contributed by atoms with Crippen LogP contribution in [0.4, 0.5) is 10.8 Å². The molecule has 0 saturated carbocycles. The van der Waals surface area contributed by atoms with Gasteiger partial charge in [0, 0.05) is 36.6 Å². The van der Waals surface area contributed by atoms with Gasteiger partial charge < -0.3 is 10.2 Å². The van der Waals surface area contributed by atoms with Gasteiger partial charge in [0.05, 0.1) is 22.2 Å². The van der Waals surface area contributed by atoms with Crippen molar-refractivity contribution in [1.82, 2.24) is 9.88 Å². The normalized spacial score (nSPS) is 16.1. The van der Waals surface area contributed by atoms with Crippen molar-refractivity contribution >= 4 is 45.8 Å². The van der Waals surface area contributed by atoms with Gasteiger partial charge in [0.2, 0.25) is 11.8 Å². The molecule has 0 radical (unpaired) electrons. The molecule has 5 rings (SSSR count). The second-order valence-corrected chi connectivity index (χ2v) is 9.72. The highest BCUT2D eigenvalue weighted by Crippen LogP contribution is 2.42. The molecular weight excluding hydrogens is 452 g/mol. The van der Waals surface area contributed by atoms with Crippen molar-refractivity contribution in [2.75, 3.05) is 23.8 Å². The molecule has 172 valence electrons. The van der Waals surface area contributed by atoms with Crippen LogP contribution in [0.15, 0.2) is 47.8 Å². The minimum absolute atomic E-state index is 0.00212. The Morgan fingerprint density at radius 2 is 1.74 bits per heavy atom. The third-order valence-electron chi connectivity index (χ3n) is 6.36. The molecule has 2 aliphatic heterocycles. The first-order valence-corrected chi connectivity index (χ1v) is 11.7. The Morgan fingerprint density at radius 3 is 2.41 bits per heavy atom. The Hall–Kier alpha value is -3.85. The lowest BCUT2D eigenvalue weighted by molar-refractivity contribution is -0.121. The van der Waals surface area contributed by atoms with E-state index in [1.54, 1.807) is 36.2 Å². The van der Waals surface area contributed by atoms with Crippen LogP contribution in [-0.2, 0) is 15.0 Å². The highest BCUT2D eigenvalue weighted by atomic mass is 32.1. The van der Waals surface area contributed by atoms with Gasteiger partial charge in [-0.05, 0) is 43.7 Å². The van der Waals surface area contributed by atoms with Crippen LogP contribution in [-0.4, -0.2) is 47.1 Å². The van der Waals surface area contributed by atoms with Crippen molar-refractivity contribution in [2.45, 2.75) is 25.7 Å². The van der Waals surface area contributed by atoms with E-state index >= 15 is 0 Å². The standard InChI is InChI=1S/C25H22N4O4S/c1-25(2)17-12-14(8-9-19(17)28(3)23(25)33)18-13-34-24(26-18)27-20(30)10-11-29-21(31)15-6-4-5-7-16(15)22(29)32/h4-9,12-13H,10-11H2,1-3H3,(H,26,27,30). The molecule has 1 aromatic heterocycles. The zero-order valence-electron chi connectivity index (χ0n) is 18.9. The number of anilines is 2. The molecule has 1 N–H and O–H groups in total. The summed E-state index contributed by atoms with van der Waals surface area (Å²) in [5, 5.41) is 5.01. The average molecular weight is 475 g/mol. The van der Waals surface area contributed by atoms with Crippen LogP contribution in [0.2, 0.25) is 0 Å². The monoisotopic (exact) mass is 474 g/mol. The smallest absolute Gasteiger partial charge is 0.261 e. The van der Waals surface area contributed by atoms with E-state index in [-0.39, 0.29) is 36.6 Å². The fourth-order valence-electron chi connectivity index (χ4n) is 4.43. The minimum Gasteiger partial charge on any atom is -0.314 e. The topological polar surface area (TPSA) is 99.7 Å². The molecule has 0 fully saturated rings. The third-order valence-corrected chi connectivity index (χ3v) is 7.12. The number of thiazole rings is 1. The fraction of sp³-hybridized carbons (Fsp3) is 0.240. The number of fused-ring (bicyclic) bond motifs is 2. The van der Waals surface area contributed by atoms with Gasteiger partial charge in [-0.25, -0.2) is 4.98 Å². The number of hydrogen-bond acceptors (Lipinski definition) is 6. The summed E-state index contributed by atoms with van der Waals surface area (Å²) >= 11 is 1.29. The van der Waals surface area contributed by atoms with Crippen LogP contribution in [0.25, 0.3) is 11.3 Å². The Labute approximate surface area is 200 Å². The Bertz CT molecular complexity index is 1340. The molecule has 8 nitrogen and oxygen atoms in total. The quantitative estimate of drug-likeness (QED) is 0.569. The van der Waals surface area contributed by atoms with Crippen LogP contribution in [0, 0.1) is 0 Å². The summed E-state index contributed by atoms with van der Waals surface area (Å²) < 4.78 is 0. The van der Waals surface area contributed by atoms with Crippen LogP contribution in [0.1, 0.15) is 46.5 Å². The highest BCUT2D eigenvalue weighted by Gasteiger charge is 2.42. The summed E-state index contributed by atoms with van der Waals surface area (Å²) in [6.45, 7) is 3.81. The van der Waals surface area contributed by atoms with Crippen molar-refractivity contribution in [2.24, 2.45) is 0 Å². The number of imide groups is 1. The predicted molar refractivity (Wildman–Crippen MR) is 129 cm³/mol. The maximum absolute atomic E-state index is 12.5. The lowest BCUT2D eigenvalue weighted by atomic mass is 9.85. The molecule has 0 atom stereocenters. The predicted octanol–water partition coefficient (Wildman–Crippen LogP) is 3.69. The summed E-state index contributed by atoms with van der Waals surface area (Å²) in [6.07, 6.45) is -0.0259. The average Bonchev–Trinajstić information content (AvgIpc) is 3.43. The first kappa shape index (κ1) is 22.0. The first-order valence-electron chi connectivity index (χ1n) is 10.8. The molecule has 34 heavy (non-hydrogen) atoms. The van der Waals surface area contributed by atoms with Crippen molar-refractivity contribution in [3.63, 3.8) is 0 Å². The molecule has 0 saturated heterocycles. The highest BCUT2D eigenvalue weighted by molar-refractivity contribution is 7.14. The molecule has 4 amide bonds. The molecule has 0 unspecified atom stereocenters. The lowest BCUT2D eigenvalue weighted by Crippen LogP contribution is -2.33. The third kappa shape index (κ3) is 3.40. The van der Waals surface area contributed by atoms with Crippen LogP contribution >= 0.6 is 11.3 Å². The Balaban J connectivity index is 1.25. The molecule has 0 aliphatic carbocycles. The first-order chi connectivity index (χ1) is 16.2. The van der Waals surface area contributed by atoms with Gasteiger partial charge in [-0.2, -0.15) is 0 Å². The maximum Gasteiger partial charge on any atom is 0.261 e. The second kappa shape index (κ2) is 7.88. The van der Waals surface area contributed by atoms with E-state index in [0.29, 0.717) is 22.0 Å². The van der Waals surface area contributed by atoms with Crippen molar-refractivity contribution in [3.05, 3.63) is 64.5 Å². The van der Waals surface area contributed by atoms with Crippen LogP contribution in [0.5, 0.6) is 0 Å². The van der Waals surface area contributed by atoms with Gasteiger partial charge in [-0.3, -0.25) is 24.1 Å². The van der Waals surface area contributed by atoms with Gasteiger partial charge in [0.15, 0.2) is 5.13 Å². The summed E-state index contributed by atoms with van der Waals surface area (Å²) in [5.41, 5.74) is 3.49. The number of carbonyl (C=O) groups excluding carboxylic acids is 4. The van der Waals surface area contributed by atoms with Crippen molar-refractivity contribution < 1.29 is 19.2 Å². The van der Waals surface area contributed by atoms with E-state index in [1.165, 1.54) is 11.3 Å². The van der Waals surface area contributed by atoms with Gasteiger partial charge in [-0.1, -0.05) is 18.2 Å². The minimum atomic E-state index is -0.614. The lowest BCUT2D eigenvalue weighted by Gasteiger charge is -2.16. The number of likely N-dealkylation sites (N-methyl/N-ethyl adjacent to an activating group) is 1. The number of nitrogens with one attached hydrogen (secondary N) is 1. The van der Waals surface area contributed by atoms with Gasteiger partial charge >= 0.3 is 0 Å².